The molecule has 1 aliphatic carbocycles. The Kier molecular flexibility index (Phi) is 3.69. The van der Waals surface area contributed by atoms with E-state index in [-0.39, 0.29) is 0 Å². The molecule has 6 nitrogen and oxygen atoms in total. The Bertz CT molecular complexity index is 983. The fraction of sp³-hybridized carbons (Fsp3) is 0.421. The van der Waals surface area contributed by atoms with Crippen LogP contribution < -0.4 is 10.6 Å². The van der Waals surface area contributed by atoms with Crippen molar-refractivity contribution in [3.8, 4) is 17.3 Å². The zero-order valence-corrected chi connectivity index (χ0v) is 15.2. The van der Waals surface area contributed by atoms with Crippen LogP contribution in [0, 0.1) is 16.7 Å². The summed E-state index contributed by atoms with van der Waals surface area (Å²) in [6.07, 6.45) is 6.91. The molecule has 1 saturated heterocycles. The predicted molar refractivity (Wildman–Crippen MR) is 102 cm³/mol. The lowest BCUT2D eigenvalue weighted by Gasteiger charge is -2.50. The van der Waals surface area contributed by atoms with Crippen molar-refractivity contribution in [3.05, 3.63) is 36.0 Å². The quantitative estimate of drug-likeness (QED) is 0.746. The molecule has 0 bridgehead atoms. The van der Waals surface area contributed by atoms with Crippen LogP contribution in [0.3, 0.4) is 0 Å². The number of anilines is 1. The molecule has 1 saturated carbocycles. The SMILES string of the molecule is N#Cc1cccc(-c2cnc3sc(NC4CC5(CCNCC5)C4)nn23)c1. The highest BCUT2D eigenvalue weighted by Crippen LogP contribution is 2.49. The molecule has 2 fully saturated rings. The largest absolute Gasteiger partial charge is 0.357 e. The molecule has 0 unspecified atom stereocenters. The zero-order valence-electron chi connectivity index (χ0n) is 14.4. The first-order chi connectivity index (χ1) is 12.7. The molecule has 3 heterocycles. The van der Waals surface area contributed by atoms with Gasteiger partial charge < -0.3 is 10.6 Å². The van der Waals surface area contributed by atoms with Crippen LogP contribution in [0.25, 0.3) is 16.2 Å². The Hall–Kier alpha value is -2.43. The Morgan fingerprint density at radius 1 is 1.31 bits per heavy atom. The van der Waals surface area contributed by atoms with Crippen molar-refractivity contribution < 1.29 is 0 Å². The molecule has 2 N–H and O–H groups in total. The van der Waals surface area contributed by atoms with Gasteiger partial charge in [-0.15, -0.1) is 5.10 Å². The zero-order chi connectivity index (χ0) is 17.6. The van der Waals surface area contributed by atoms with Crippen molar-refractivity contribution >= 4 is 21.4 Å². The monoisotopic (exact) mass is 364 g/mol. The van der Waals surface area contributed by atoms with Crippen LogP contribution in [0.15, 0.2) is 30.5 Å². The van der Waals surface area contributed by atoms with Gasteiger partial charge in [-0.1, -0.05) is 23.5 Å². The van der Waals surface area contributed by atoms with E-state index in [1.165, 1.54) is 25.7 Å². The minimum Gasteiger partial charge on any atom is -0.357 e. The Labute approximate surface area is 155 Å². The standard InChI is InChI=1S/C19H20N6S/c20-11-13-2-1-3-14(8-13)16-12-22-18-25(16)24-17(26-18)23-15-9-19(10-15)4-6-21-7-5-19/h1-3,8,12,15,21H,4-7,9-10H2,(H,23,24). The van der Waals surface area contributed by atoms with Gasteiger partial charge in [0.05, 0.1) is 23.5 Å². The summed E-state index contributed by atoms with van der Waals surface area (Å²) in [5.41, 5.74) is 3.09. The molecule has 3 aromatic rings. The van der Waals surface area contributed by atoms with Gasteiger partial charge in [-0.05, 0) is 56.3 Å². The molecule has 7 heteroatoms. The number of hydrogen-bond donors (Lipinski definition) is 2. The summed E-state index contributed by atoms with van der Waals surface area (Å²) in [6, 6.07) is 10.3. The van der Waals surface area contributed by atoms with Crippen LogP contribution in [-0.2, 0) is 0 Å². The van der Waals surface area contributed by atoms with Gasteiger partial charge >= 0.3 is 0 Å². The van der Waals surface area contributed by atoms with Gasteiger partial charge in [0.25, 0.3) is 0 Å². The lowest BCUT2D eigenvalue weighted by molar-refractivity contribution is 0.0718. The number of nitrogens with zero attached hydrogens (tertiary/aromatic N) is 4. The third-order valence-electron chi connectivity index (χ3n) is 5.72. The van der Waals surface area contributed by atoms with E-state index in [1.807, 2.05) is 35.0 Å². The summed E-state index contributed by atoms with van der Waals surface area (Å²) in [5.74, 6) is 0. The summed E-state index contributed by atoms with van der Waals surface area (Å²) in [7, 11) is 0. The van der Waals surface area contributed by atoms with E-state index in [1.54, 1.807) is 11.3 Å². The molecule has 2 aliphatic rings. The molecule has 2 aromatic heterocycles. The fourth-order valence-corrected chi connectivity index (χ4v) is 5.18. The van der Waals surface area contributed by atoms with Gasteiger partial charge in [0.1, 0.15) is 0 Å². The Morgan fingerprint density at radius 3 is 2.96 bits per heavy atom. The van der Waals surface area contributed by atoms with E-state index in [9.17, 15) is 0 Å². The maximum Gasteiger partial charge on any atom is 0.214 e. The number of nitriles is 1. The topological polar surface area (TPSA) is 78.0 Å². The first kappa shape index (κ1) is 15.8. The number of hydrogen-bond acceptors (Lipinski definition) is 6. The average Bonchev–Trinajstić information content (AvgIpc) is 3.21. The van der Waals surface area contributed by atoms with Gasteiger partial charge in [0.15, 0.2) is 0 Å². The maximum atomic E-state index is 9.11. The number of piperidine rings is 1. The van der Waals surface area contributed by atoms with Crippen LogP contribution >= 0.6 is 11.3 Å². The molecule has 1 aromatic carbocycles. The first-order valence-electron chi connectivity index (χ1n) is 9.07. The van der Waals surface area contributed by atoms with Crippen molar-refractivity contribution in [2.75, 3.05) is 18.4 Å². The molecule has 26 heavy (non-hydrogen) atoms. The number of rotatable bonds is 3. The molecule has 1 spiro atoms. The van der Waals surface area contributed by atoms with Gasteiger partial charge in [0, 0.05) is 11.6 Å². The highest BCUT2D eigenvalue weighted by molar-refractivity contribution is 7.20. The maximum absolute atomic E-state index is 9.11. The molecule has 132 valence electrons. The molecule has 1 aliphatic heterocycles. The molecule has 5 rings (SSSR count). The van der Waals surface area contributed by atoms with Crippen LogP contribution in [0.1, 0.15) is 31.2 Å². The molecule has 0 atom stereocenters. The number of nitrogens with one attached hydrogen (secondary N) is 2. The third-order valence-corrected chi connectivity index (χ3v) is 6.58. The van der Waals surface area contributed by atoms with Crippen LogP contribution in [0.5, 0.6) is 0 Å². The number of benzene rings is 1. The minimum absolute atomic E-state index is 0.523. The molecular weight excluding hydrogens is 344 g/mol. The van der Waals surface area contributed by atoms with E-state index < -0.39 is 0 Å². The molecule has 0 amide bonds. The summed E-state index contributed by atoms with van der Waals surface area (Å²) in [6.45, 7) is 2.31. The van der Waals surface area contributed by atoms with Crippen molar-refractivity contribution in [3.63, 3.8) is 0 Å². The second kappa shape index (κ2) is 6.08. The minimum atomic E-state index is 0.523. The van der Waals surface area contributed by atoms with Gasteiger partial charge in [0.2, 0.25) is 10.1 Å². The lowest BCUT2D eigenvalue weighted by Crippen LogP contribution is -2.50. The normalized spacial score (nSPS) is 19.3. The van der Waals surface area contributed by atoms with E-state index >= 15 is 0 Å². The van der Waals surface area contributed by atoms with Crippen molar-refractivity contribution in [2.24, 2.45) is 5.41 Å². The summed E-state index contributed by atoms with van der Waals surface area (Å²) >= 11 is 1.59. The third kappa shape index (κ3) is 2.66. The predicted octanol–water partition coefficient (Wildman–Crippen LogP) is 3.27. The second-order valence-electron chi connectivity index (χ2n) is 7.44. The van der Waals surface area contributed by atoms with Crippen LogP contribution in [0.2, 0.25) is 0 Å². The molecule has 0 radical (unpaired) electrons. The van der Waals surface area contributed by atoms with Gasteiger partial charge in [-0.25, -0.2) is 9.50 Å². The van der Waals surface area contributed by atoms with Crippen LogP contribution in [-0.4, -0.2) is 33.7 Å². The second-order valence-corrected chi connectivity index (χ2v) is 8.39. The number of imidazole rings is 1. The van der Waals surface area contributed by atoms with Crippen molar-refractivity contribution in [2.45, 2.75) is 31.7 Å². The Balaban J connectivity index is 1.35. The van der Waals surface area contributed by atoms with Crippen molar-refractivity contribution in [1.29, 1.82) is 5.26 Å². The van der Waals surface area contributed by atoms with Gasteiger partial charge in [-0.3, -0.25) is 0 Å². The summed E-state index contributed by atoms with van der Waals surface area (Å²) < 4.78 is 1.88. The van der Waals surface area contributed by atoms with Crippen molar-refractivity contribution in [1.82, 2.24) is 19.9 Å². The summed E-state index contributed by atoms with van der Waals surface area (Å²) in [4.78, 5) is 5.37. The Morgan fingerprint density at radius 2 is 2.15 bits per heavy atom. The lowest BCUT2D eigenvalue weighted by atomic mass is 9.61. The van der Waals surface area contributed by atoms with Gasteiger partial charge in [-0.2, -0.15) is 5.26 Å². The van der Waals surface area contributed by atoms with Crippen LogP contribution in [0.4, 0.5) is 5.13 Å². The highest BCUT2D eigenvalue weighted by Gasteiger charge is 2.44. The van der Waals surface area contributed by atoms with E-state index in [0.29, 0.717) is 17.0 Å². The van der Waals surface area contributed by atoms with E-state index in [0.717, 1.165) is 34.4 Å². The molecular formula is C19H20N6S. The van der Waals surface area contributed by atoms with E-state index in [2.05, 4.69) is 21.7 Å². The smallest absolute Gasteiger partial charge is 0.214 e. The fourth-order valence-electron chi connectivity index (χ4n) is 4.32. The average molecular weight is 364 g/mol. The number of aromatic nitrogens is 3. The number of fused-ring (bicyclic) bond motifs is 1. The highest BCUT2D eigenvalue weighted by atomic mass is 32.1. The first-order valence-corrected chi connectivity index (χ1v) is 9.89. The van der Waals surface area contributed by atoms with E-state index in [4.69, 9.17) is 10.4 Å². The summed E-state index contributed by atoms with van der Waals surface area (Å²) in [5, 5.41) is 21.8.